The molecule has 0 aromatic carbocycles. The smallest absolute Gasteiger partial charge is 0.239 e. The number of ether oxygens (including phenoxy) is 1. The summed E-state index contributed by atoms with van der Waals surface area (Å²) in [6.07, 6.45) is 2.48. The van der Waals surface area contributed by atoms with Gasteiger partial charge in [-0.2, -0.15) is 4.98 Å². The standard InChI is InChI=1S/C15H20N4O2/c1-9-12(10(2)21-19-9)7-17-14-6-5-13(16)15(18-14)20-8-11-3-4-11/h5-6,11H,3-4,7-8,16H2,1-2H3,(H,17,18). The third-order valence-electron chi connectivity index (χ3n) is 3.67. The summed E-state index contributed by atoms with van der Waals surface area (Å²) in [5, 5.41) is 7.19. The van der Waals surface area contributed by atoms with Gasteiger partial charge in [0.05, 0.1) is 18.0 Å². The Morgan fingerprint density at radius 3 is 2.86 bits per heavy atom. The van der Waals surface area contributed by atoms with Gasteiger partial charge in [0.1, 0.15) is 11.6 Å². The van der Waals surface area contributed by atoms with Crippen molar-refractivity contribution in [3.8, 4) is 5.88 Å². The first-order chi connectivity index (χ1) is 10.1. The number of aryl methyl sites for hydroxylation is 2. The lowest BCUT2D eigenvalue weighted by molar-refractivity contribution is 0.290. The van der Waals surface area contributed by atoms with Gasteiger partial charge in [-0.15, -0.1) is 0 Å². The first-order valence-corrected chi connectivity index (χ1v) is 7.18. The van der Waals surface area contributed by atoms with E-state index in [-0.39, 0.29) is 0 Å². The van der Waals surface area contributed by atoms with E-state index >= 15 is 0 Å². The topological polar surface area (TPSA) is 86.2 Å². The molecule has 1 aliphatic carbocycles. The number of nitrogen functional groups attached to an aromatic ring is 1. The number of pyridine rings is 1. The summed E-state index contributed by atoms with van der Waals surface area (Å²) in [4.78, 5) is 4.42. The molecule has 0 amide bonds. The molecule has 0 aliphatic heterocycles. The maximum atomic E-state index is 5.89. The predicted octanol–water partition coefficient (Wildman–Crippen LogP) is 2.67. The van der Waals surface area contributed by atoms with Gasteiger partial charge in [0.25, 0.3) is 0 Å². The fraction of sp³-hybridized carbons (Fsp3) is 0.467. The molecule has 2 heterocycles. The molecule has 0 saturated heterocycles. The molecule has 3 N–H and O–H groups in total. The molecule has 1 saturated carbocycles. The van der Waals surface area contributed by atoms with E-state index < -0.39 is 0 Å². The summed E-state index contributed by atoms with van der Waals surface area (Å²) in [5.41, 5.74) is 8.40. The van der Waals surface area contributed by atoms with Crippen LogP contribution in [0.3, 0.4) is 0 Å². The van der Waals surface area contributed by atoms with Crippen LogP contribution in [0.25, 0.3) is 0 Å². The first kappa shape index (κ1) is 13.7. The highest BCUT2D eigenvalue weighted by molar-refractivity contribution is 5.53. The molecular weight excluding hydrogens is 268 g/mol. The third kappa shape index (κ3) is 3.26. The largest absolute Gasteiger partial charge is 0.476 e. The highest BCUT2D eigenvalue weighted by Crippen LogP contribution is 2.30. The zero-order valence-electron chi connectivity index (χ0n) is 12.3. The van der Waals surface area contributed by atoms with E-state index in [1.165, 1.54) is 12.8 Å². The minimum absolute atomic E-state index is 0.505. The summed E-state index contributed by atoms with van der Waals surface area (Å²) >= 11 is 0. The molecule has 0 bridgehead atoms. The van der Waals surface area contributed by atoms with Crippen molar-refractivity contribution in [2.45, 2.75) is 33.2 Å². The fourth-order valence-corrected chi connectivity index (χ4v) is 2.08. The summed E-state index contributed by atoms with van der Waals surface area (Å²) in [7, 11) is 0. The van der Waals surface area contributed by atoms with Crippen LogP contribution in [0.15, 0.2) is 16.7 Å². The molecule has 2 aromatic heterocycles. The summed E-state index contributed by atoms with van der Waals surface area (Å²) in [5.74, 6) is 2.73. The van der Waals surface area contributed by atoms with Crippen LogP contribution in [0.1, 0.15) is 29.9 Å². The third-order valence-corrected chi connectivity index (χ3v) is 3.67. The number of rotatable bonds is 6. The van der Waals surface area contributed by atoms with Crippen molar-refractivity contribution in [2.75, 3.05) is 17.7 Å². The van der Waals surface area contributed by atoms with Crippen LogP contribution < -0.4 is 15.8 Å². The highest BCUT2D eigenvalue weighted by Gasteiger charge is 2.22. The average molecular weight is 288 g/mol. The maximum Gasteiger partial charge on any atom is 0.239 e. The van der Waals surface area contributed by atoms with Gasteiger partial charge in [0, 0.05) is 12.1 Å². The second-order valence-corrected chi connectivity index (χ2v) is 5.50. The van der Waals surface area contributed by atoms with Gasteiger partial charge in [0.15, 0.2) is 0 Å². The lowest BCUT2D eigenvalue weighted by atomic mass is 10.2. The zero-order valence-corrected chi connectivity index (χ0v) is 12.3. The van der Waals surface area contributed by atoms with Crippen molar-refractivity contribution >= 4 is 11.5 Å². The van der Waals surface area contributed by atoms with Crippen LogP contribution in [0.4, 0.5) is 11.5 Å². The number of aromatic nitrogens is 2. The number of anilines is 2. The Bertz CT molecular complexity index is 615. The van der Waals surface area contributed by atoms with Crippen LogP contribution in [0.2, 0.25) is 0 Å². The van der Waals surface area contributed by atoms with Crippen LogP contribution in [0, 0.1) is 19.8 Å². The zero-order chi connectivity index (χ0) is 14.8. The number of nitrogens with zero attached hydrogens (tertiary/aromatic N) is 2. The van der Waals surface area contributed by atoms with E-state index in [1.54, 1.807) is 0 Å². The molecule has 21 heavy (non-hydrogen) atoms. The predicted molar refractivity (Wildman–Crippen MR) is 80.2 cm³/mol. The molecule has 0 unspecified atom stereocenters. The van der Waals surface area contributed by atoms with Crippen LogP contribution in [0.5, 0.6) is 5.88 Å². The van der Waals surface area contributed by atoms with E-state index in [2.05, 4.69) is 15.5 Å². The lowest BCUT2D eigenvalue weighted by Crippen LogP contribution is -2.07. The van der Waals surface area contributed by atoms with E-state index in [1.807, 2.05) is 26.0 Å². The van der Waals surface area contributed by atoms with Gasteiger partial charge >= 0.3 is 0 Å². The number of hydrogen-bond donors (Lipinski definition) is 2. The van der Waals surface area contributed by atoms with Crippen molar-refractivity contribution in [3.63, 3.8) is 0 Å². The number of hydrogen-bond acceptors (Lipinski definition) is 6. The van der Waals surface area contributed by atoms with E-state index in [9.17, 15) is 0 Å². The molecule has 1 aliphatic rings. The SMILES string of the molecule is Cc1noc(C)c1CNc1ccc(N)c(OCC2CC2)n1. The lowest BCUT2D eigenvalue weighted by Gasteiger charge is -2.10. The molecule has 3 rings (SSSR count). The van der Waals surface area contributed by atoms with Gasteiger partial charge in [-0.25, -0.2) is 0 Å². The highest BCUT2D eigenvalue weighted by atomic mass is 16.5. The van der Waals surface area contributed by atoms with Gasteiger partial charge in [-0.1, -0.05) is 5.16 Å². The Kier molecular flexibility index (Phi) is 3.68. The van der Waals surface area contributed by atoms with Crippen molar-refractivity contribution in [1.29, 1.82) is 0 Å². The molecule has 2 aromatic rings. The van der Waals surface area contributed by atoms with Crippen LogP contribution >= 0.6 is 0 Å². The van der Waals surface area contributed by atoms with Crippen LogP contribution in [-0.4, -0.2) is 16.7 Å². The Hall–Kier alpha value is -2.24. The fourth-order valence-electron chi connectivity index (χ4n) is 2.08. The molecule has 112 valence electrons. The molecule has 1 fully saturated rings. The number of nitrogens with one attached hydrogen (secondary N) is 1. The monoisotopic (exact) mass is 288 g/mol. The van der Waals surface area contributed by atoms with E-state index in [4.69, 9.17) is 15.0 Å². The minimum Gasteiger partial charge on any atom is -0.476 e. The number of nitrogens with two attached hydrogens (primary N) is 1. The van der Waals surface area contributed by atoms with Gasteiger partial charge < -0.3 is 20.3 Å². The minimum atomic E-state index is 0.505. The summed E-state index contributed by atoms with van der Waals surface area (Å²) < 4.78 is 10.8. The van der Waals surface area contributed by atoms with Gasteiger partial charge in [-0.05, 0) is 44.7 Å². The molecule has 6 heteroatoms. The normalized spacial score (nSPS) is 14.2. The van der Waals surface area contributed by atoms with Crippen molar-refractivity contribution in [3.05, 3.63) is 29.2 Å². The first-order valence-electron chi connectivity index (χ1n) is 7.18. The molecule has 6 nitrogen and oxygen atoms in total. The second-order valence-electron chi connectivity index (χ2n) is 5.50. The van der Waals surface area contributed by atoms with Gasteiger partial charge in [-0.3, -0.25) is 0 Å². The Morgan fingerprint density at radius 2 is 2.19 bits per heavy atom. The molecule has 0 radical (unpaired) electrons. The Morgan fingerprint density at radius 1 is 1.38 bits per heavy atom. The maximum absolute atomic E-state index is 5.89. The summed E-state index contributed by atoms with van der Waals surface area (Å²) in [6.45, 7) is 5.14. The van der Waals surface area contributed by atoms with Crippen molar-refractivity contribution in [1.82, 2.24) is 10.1 Å². The van der Waals surface area contributed by atoms with Gasteiger partial charge in [0.2, 0.25) is 5.88 Å². The molecule has 0 spiro atoms. The average Bonchev–Trinajstić information content (AvgIpc) is 3.24. The van der Waals surface area contributed by atoms with Crippen molar-refractivity contribution < 1.29 is 9.26 Å². The second kappa shape index (κ2) is 5.63. The van der Waals surface area contributed by atoms with Crippen LogP contribution in [-0.2, 0) is 6.54 Å². The Labute approximate surface area is 123 Å². The van der Waals surface area contributed by atoms with E-state index in [0.29, 0.717) is 30.6 Å². The molecular formula is C15H20N4O2. The quantitative estimate of drug-likeness (QED) is 0.850. The molecule has 0 atom stereocenters. The van der Waals surface area contributed by atoms with Crippen molar-refractivity contribution in [2.24, 2.45) is 5.92 Å². The summed E-state index contributed by atoms with van der Waals surface area (Å²) in [6, 6.07) is 3.66. The Balaban J connectivity index is 1.66. The van der Waals surface area contributed by atoms with E-state index in [0.717, 1.165) is 22.8 Å².